The van der Waals surface area contributed by atoms with E-state index in [1.165, 1.54) is 5.56 Å². The number of anilines is 2. The van der Waals surface area contributed by atoms with Crippen LogP contribution in [0.5, 0.6) is 0 Å². The van der Waals surface area contributed by atoms with E-state index in [1.807, 2.05) is 12.1 Å². The minimum absolute atomic E-state index is 0.0650. The number of nitrogens with two attached hydrogens (primary N) is 2. The molecular weight excluding hydrogens is 256 g/mol. The lowest BCUT2D eigenvalue weighted by Gasteiger charge is -2.00. The van der Waals surface area contributed by atoms with Gasteiger partial charge in [-0.15, -0.1) is 0 Å². The van der Waals surface area contributed by atoms with Crippen LogP contribution in [0.3, 0.4) is 0 Å². The zero-order chi connectivity index (χ0) is 14.4. The third kappa shape index (κ3) is 3.91. The molecule has 0 saturated heterocycles. The van der Waals surface area contributed by atoms with Gasteiger partial charge in [0, 0.05) is 0 Å². The molecule has 1 aromatic heterocycles. The molecular formula is C13H16N6O. The number of aromatic nitrogens is 3. The Bertz CT molecular complexity index is 576. The second-order valence-corrected chi connectivity index (χ2v) is 4.07. The first-order valence-electron chi connectivity index (χ1n) is 6.17. The molecule has 7 nitrogen and oxygen atoms in total. The van der Waals surface area contributed by atoms with E-state index in [2.05, 4.69) is 39.2 Å². The van der Waals surface area contributed by atoms with Gasteiger partial charge in [-0.25, -0.2) is 0 Å². The van der Waals surface area contributed by atoms with Crippen molar-refractivity contribution in [3.05, 3.63) is 41.2 Å². The van der Waals surface area contributed by atoms with E-state index in [1.54, 1.807) is 6.21 Å². The maximum atomic E-state index is 5.45. The normalized spacial score (nSPS) is 10.8. The number of hydrogen-bond donors (Lipinski definition) is 2. The quantitative estimate of drug-likeness (QED) is 0.623. The number of nitrogen functional groups attached to an aromatic ring is 2. The fourth-order valence-electron chi connectivity index (χ4n) is 1.55. The van der Waals surface area contributed by atoms with Gasteiger partial charge in [-0.2, -0.15) is 15.0 Å². The summed E-state index contributed by atoms with van der Waals surface area (Å²) in [5, 5.41) is 3.84. The van der Waals surface area contributed by atoms with Gasteiger partial charge >= 0.3 is 0 Å². The first-order chi connectivity index (χ1) is 9.67. The smallest absolute Gasteiger partial charge is 0.225 e. The average molecular weight is 272 g/mol. The van der Waals surface area contributed by atoms with Crippen LogP contribution in [0.15, 0.2) is 29.4 Å². The van der Waals surface area contributed by atoms with Crippen LogP contribution in [-0.2, 0) is 17.9 Å². The number of aryl methyl sites for hydroxylation is 1. The molecule has 0 unspecified atom stereocenters. The third-order valence-corrected chi connectivity index (χ3v) is 2.57. The fourth-order valence-corrected chi connectivity index (χ4v) is 1.55. The van der Waals surface area contributed by atoms with Crippen LogP contribution >= 0.6 is 0 Å². The van der Waals surface area contributed by atoms with Crippen LogP contribution in [0.25, 0.3) is 0 Å². The van der Waals surface area contributed by atoms with Crippen LogP contribution in [0.1, 0.15) is 23.9 Å². The van der Waals surface area contributed by atoms with E-state index >= 15 is 0 Å². The van der Waals surface area contributed by atoms with Crippen LogP contribution in [0.2, 0.25) is 0 Å². The largest absolute Gasteiger partial charge is 0.388 e. The predicted octanol–water partition coefficient (Wildman–Crippen LogP) is 1.15. The minimum Gasteiger partial charge on any atom is -0.388 e. The zero-order valence-corrected chi connectivity index (χ0v) is 11.2. The molecule has 2 aromatic rings. The number of oxime groups is 1. The summed E-state index contributed by atoms with van der Waals surface area (Å²) in [7, 11) is 0. The lowest BCUT2D eigenvalue weighted by Crippen LogP contribution is -2.07. The van der Waals surface area contributed by atoms with Crippen LogP contribution in [0, 0.1) is 0 Å². The van der Waals surface area contributed by atoms with Crippen molar-refractivity contribution < 1.29 is 4.84 Å². The molecule has 0 fully saturated rings. The molecule has 1 aromatic carbocycles. The summed E-state index contributed by atoms with van der Waals surface area (Å²) in [5.74, 6) is 0.471. The van der Waals surface area contributed by atoms with Crippen LogP contribution in [0.4, 0.5) is 11.9 Å². The Balaban J connectivity index is 1.89. The van der Waals surface area contributed by atoms with E-state index in [-0.39, 0.29) is 18.5 Å². The molecule has 0 bridgehead atoms. The Morgan fingerprint density at radius 2 is 1.75 bits per heavy atom. The Hall–Kier alpha value is -2.70. The van der Waals surface area contributed by atoms with Gasteiger partial charge in [-0.05, 0) is 17.5 Å². The summed E-state index contributed by atoms with van der Waals surface area (Å²) in [6.07, 6.45) is 2.63. The molecule has 4 N–H and O–H groups in total. The molecule has 104 valence electrons. The Morgan fingerprint density at radius 3 is 2.35 bits per heavy atom. The molecule has 7 heteroatoms. The molecule has 0 aliphatic rings. The van der Waals surface area contributed by atoms with Gasteiger partial charge in [0.25, 0.3) is 0 Å². The molecule has 0 amide bonds. The van der Waals surface area contributed by atoms with Gasteiger partial charge in [-0.3, -0.25) is 0 Å². The highest BCUT2D eigenvalue weighted by Crippen LogP contribution is 2.04. The highest BCUT2D eigenvalue weighted by Gasteiger charge is 2.01. The molecule has 0 spiro atoms. The zero-order valence-electron chi connectivity index (χ0n) is 11.2. The van der Waals surface area contributed by atoms with Gasteiger partial charge in [-0.1, -0.05) is 36.3 Å². The van der Waals surface area contributed by atoms with E-state index < -0.39 is 0 Å². The lowest BCUT2D eigenvalue weighted by atomic mass is 10.1. The summed E-state index contributed by atoms with van der Waals surface area (Å²) >= 11 is 0. The van der Waals surface area contributed by atoms with Crippen LogP contribution < -0.4 is 11.5 Å². The number of hydrogen-bond acceptors (Lipinski definition) is 7. The molecule has 2 rings (SSSR count). The van der Waals surface area contributed by atoms with Crippen molar-refractivity contribution in [2.45, 2.75) is 20.0 Å². The molecule has 0 saturated carbocycles. The second kappa shape index (κ2) is 6.46. The topological polar surface area (TPSA) is 112 Å². The first kappa shape index (κ1) is 13.7. The van der Waals surface area contributed by atoms with Gasteiger partial charge < -0.3 is 16.3 Å². The van der Waals surface area contributed by atoms with E-state index in [4.69, 9.17) is 16.3 Å². The molecule has 0 radical (unpaired) electrons. The summed E-state index contributed by atoms with van der Waals surface area (Å²) in [6, 6.07) is 8.05. The van der Waals surface area contributed by atoms with Crippen LogP contribution in [-0.4, -0.2) is 21.2 Å². The molecule has 0 aliphatic heterocycles. The standard InChI is InChI=1S/C13H16N6O/c1-2-9-3-5-10(6-4-9)7-16-20-8-11-17-12(14)19-13(15)18-11/h3-7H,2,8H2,1H3,(H4,14,15,17,18,19)/b16-7-. The third-order valence-electron chi connectivity index (χ3n) is 2.57. The van der Waals surface area contributed by atoms with Gasteiger partial charge in [0.2, 0.25) is 11.9 Å². The summed E-state index contributed by atoms with van der Waals surface area (Å²) in [4.78, 5) is 16.5. The maximum absolute atomic E-state index is 5.45. The van der Waals surface area contributed by atoms with Crippen molar-refractivity contribution in [3.63, 3.8) is 0 Å². The van der Waals surface area contributed by atoms with E-state index in [0.29, 0.717) is 5.82 Å². The Labute approximate surface area is 116 Å². The van der Waals surface area contributed by atoms with Crippen molar-refractivity contribution in [2.24, 2.45) is 5.16 Å². The number of nitrogens with zero attached hydrogens (tertiary/aromatic N) is 4. The maximum Gasteiger partial charge on any atom is 0.225 e. The Morgan fingerprint density at radius 1 is 1.10 bits per heavy atom. The van der Waals surface area contributed by atoms with Crippen molar-refractivity contribution in [1.82, 2.24) is 15.0 Å². The first-order valence-corrected chi connectivity index (χ1v) is 6.17. The minimum atomic E-state index is 0.0650. The fraction of sp³-hybridized carbons (Fsp3) is 0.231. The molecule has 20 heavy (non-hydrogen) atoms. The van der Waals surface area contributed by atoms with Gasteiger partial charge in [0.05, 0.1) is 6.21 Å². The predicted molar refractivity (Wildman–Crippen MR) is 76.9 cm³/mol. The number of rotatable bonds is 5. The lowest BCUT2D eigenvalue weighted by molar-refractivity contribution is 0.126. The van der Waals surface area contributed by atoms with Crippen molar-refractivity contribution in [3.8, 4) is 0 Å². The highest BCUT2D eigenvalue weighted by atomic mass is 16.6. The summed E-state index contributed by atoms with van der Waals surface area (Å²) in [5.41, 5.74) is 13.1. The summed E-state index contributed by atoms with van der Waals surface area (Å²) < 4.78 is 0. The SMILES string of the molecule is CCc1ccc(/C=N\OCc2nc(N)nc(N)n2)cc1. The van der Waals surface area contributed by atoms with Gasteiger partial charge in [0.1, 0.15) is 0 Å². The van der Waals surface area contributed by atoms with Crippen molar-refractivity contribution >= 4 is 18.1 Å². The van der Waals surface area contributed by atoms with Crippen molar-refractivity contribution in [2.75, 3.05) is 11.5 Å². The van der Waals surface area contributed by atoms with Crippen molar-refractivity contribution in [1.29, 1.82) is 0 Å². The highest BCUT2D eigenvalue weighted by molar-refractivity contribution is 5.79. The average Bonchev–Trinajstić information content (AvgIpc) is 2.43. The molecule has 0 aliphatic carbocycles. The number of benzene rings is 1. The van der Waals surface area contributed by atoms with Gasteiger partial charge in [0.15, 0.2) is 12.4 Å². The van der Waals surface area contributed by atoms with E-state index in [9.17, 15) is 0 Å². The Kier molecular flexibility index (Phi) is 4.43. The monoisotopic (exact) mass is 272 g/mol. The van der Waals surface area contributed by atoms with E-state index in [0.717, 1.165) is 12.0 Å². The molecule has 0 atom stereocenters. The second-order valence-electron chi connectivity index (χ2n) is 4.07. The molecule has 1 heterocycles. The summed E-state index contributed by atoms with van der Waals surface area (Å²) in [6.45, 7) is 2.19.